The lowest BCUT2D eigenvalue weighted by atomic mass is 9.96. The summed E-state index contributed by atoms with van der Waals surface area (Å²) in [5.74, 6) is -0.983. The lowest BCUT2D eigenvalue weighted by Crippen LogP contribution is -2.28. The van der Waals surface area contributed by atoms with Gasteiger partial charge in [-0.3, -0.25) is 14.3 Å². The molecule has 166 valence electrons. The van der Waals surface area contributed by atoms with Gasteiger partial charge in [-0.05, 0) is 54.3 Å². The van der Waals surface area contributed by atoms with Crippen molar-refractivity contribution < 1.29 is 18.7 Å². The van der Waals surface area contributed by atoms with Gasteiger partial charge < -0.3 is 15.4 Å². The number of nitrogens with zero attached hydrogens (tertiary/aromatic N) is 2. The van der Waals surface area contributed by atoms with Gasteiger partial charge in [0, 0.05) is 18.9 Å². The van der Waals surface area contributed by atoms with Gasteiger partial charge in [-0.15, -0.1) is 0 Å². The van der Waals surface area contributed by atoms with E-state index in [9.17, 15) is 14.0 Å². The number of amides is 2. The number of halogens is 2. The SMILES string of the molecule is Cc1c(Cc2ccc(C(=O)NCCn3cccn3)c(F)c2)cc2c(c1Cl)OCCNC2=O. The Hall–Kier alpha value is -3.39. The molecule has 0 fully saturated rings. The largest absolute Gasteiger partial charge is 0.489 e. The topological polar surface area (TPSA) is 85.2 Å². The van der Waals surface area contributed by atoms with Crippen molar-refractivity contribution >= 4 is 23.4 Å². The molecule has 1 aliphatic rings. The third kappa shape index (κ3) is 4.60. The fraction of sp³-hybridized carbons (Fsp3) is 0.261. The molecule has 0 saturated carbocycles. The van der Waals surface area contributed by atoms with E-state index >= 15 is 0 Å². The second-order valence-electron chi connectivity index (χ2n) is 7.47. The highest BCUT2D eigenvalue weighted by Gasteiger charge is 2.23. The zero-order valence-corrected chi connectivity index (χ0v) is 18.2. The highest BCUT2D eigenvalue weighted by Crippen LogP contribution is 2.36. The van der Waals surface area contributed by atoms with Gasteiger partial charge >= 0.3 is 0 Å². The summed E-state index contributed by atoms with van der Waals surface area (Å²) < 4.78 is 22.0. The number of benzene rings is 2. The number of hydrogen-bond donors (Lipinski definition) is 2. The van der Waals surface area contributed by atoms with Crippen LogP contribution in [-0.4, -0.2) is 41.3 Å². The van der Waals surface area contributed by atoms with Gasteiger partial charge in [0.2, 0.25) is 0 Å². The first kappa shape index (κ1) is 21.8. The van der Waals surface area contributed by atoms with E-state index in [0.29, 0.717) is 54.6 Å². The smallest absolute Gasteiger partial charge is 0.255 e. The van der Waals surface area contributed by atoms with Gasteiger partial charge in [0.25, 0.3) is 11.8 Å². The Bertz CT molecular complexity index is 1160. The minimum Gasteiger partial charge on any atom is -0.489 e. The fourth-order valence-corrected chi connectivity index (χ4v) is 3.85. The number of ether oxygens (including phenoxy) is 1. The molecule has 0 aliphatic carbocycles. The molecule has 4 rings (SSSR count). The number of nitrogens with one attached hydrogen (secondary N) is 2. The van der Waals surface area contributed by atoms with Crippen molar-refractivity contribution in [1.82, 2.24) is 20.4 Å². The summed E-state index contributed by atoms with van der Waals surface area (Å²) in [6.07, 6.45) is 3.79. The van der Waals surface area contributed by atoms with E-state index in [2.05, 4.69) is 15.7 Å². The molecule has 0 atom stereocenters. The predicted octanol–water partition coefficient (Wildman–Crippen LogP) is 3.13. The second-order valence-corrected chi connectivity index (χ2v) is 7.85. The van der Waals surface area contributed by atoms with E-state index in [1.807, 2.05) is 6.92 Å². The zero-order valence-electron chi connectivity index (χ0n) is 17.5. The van der Waals surface area contributed by atoms with E-state index in [0.717, 1.165) is 11.1 Å². The zero-order chi connectivity index (χ0) is 22.7. The Kier molecular flexibility index (Phi) is 6.41. The van der Waals surface area contributed by atoms with Crippen LogP contribution in [0.4, 0.5) is 4.39 Å². The second kappa shape index (κ2) is 9.40. The Morgan fingerprint density at radius 2 is 2.22 bits per heavy atom. The molecule has 2 amide bonds. The average molecular weight is 457 g/mol. The Labute approximate surface area is 189 Å². The summed E-state index contributed by atoms with van der Waals surface area (Å²) in [6, 6.07) is 8.01. The first-order valence-corrected chi connectivity index (χ1v) is 10.6. The number of hydrogen-bond acceptors (Lipinski definition) is 4. The third-order valence-electron chi connectivity index (χ3n) is 5.31. The van der Waals surface area contributed by atoms with Crippen LogP contribution in [0.1, 0.15) is 37.4 Å². The fourth-order valence-electron chi connectivity index (χ4n) is 3.57. The van der Waals surface area contributed by atoms with E-state index in [4.69, 9.17) is 16.3 Å². The standard InChI is InChI=1S/C23H22ClFN4O3/c1-14-16(13-18-21(20(14)24)32-10-7-27-23(18)31)11-15-3-4-17(19(25)12-15)22(30)26-6-9-29-8-2-5-28-29/h2-5,8,12-13H,6-7,9-11H2,1H3,(H,26,30)(H,27,31). The maximum absolute atomic E-state index is 14.7. The first-order valence-electron chi connectivity index (χ1n) is 10.2. The molecule has 7 nitrogen and oxygen atoms in total. The molecule has 3 aromatic rings. The molecule has 1 aromatic heterocycles. The molecule has 0 saturated heterocycles. The van der Waals surface area contributed by atoms with Gasteiger partial charge in [0.15, 0.2) is 5.75 Å². The predicted molar refractivity (Wildman–Crippen MR) is 118 cm³/mol. The van der Waals surface area contributed by atoms with Crippen LogP contribution in [0.3, 0.4) is 0 Å². The van der Waals surface area contributed by atoms with Crippen LogP contribution >= 0.6 is 11.6 Å². The molecule has 9 heteroatoms. The molecule has 2 N–H and O–H groups in total. The summed E-state index contributed by atoms with van der Waals surface area (Å²) >= 11 is 6.47. The Morgan fingerprint density at radius 3 is 2.97 bits per heavy atom. The lowest BCUT2D eigenvalue weighted by molar-refractivity contribution is 0.0943. The van der Waals surface area contributed by atoms with Crippen LogP contribution in [0.5, 0.6) is 5.75 Å². The monoisotopic (exact) mass is 456 g/mol. The molecular formula is C23H22ClFN4O3. The molecule has 32 heavy (non-hydrogen) atoms. The van der Waals surface area contributed by atoms with Gasteiger partial charge in [-0.1, -0.05) is 17.7 Å². The van der Waals surface area contributed by atoms with Crippen LogP contribution in [0.15, 0.2) is 42.7 Å². The summed E-state index contributed by atoms with van der Waals surface area (Å²) in [5.41, 5.74) is 2.54. The van der Waals surface area contributed by atoms with Gasteiger partial charge in [0.1, 0.15) is 12.4 Å². The summed E-state index contributed by atoms with van der Waals surface area (Å²) in [7, 11) is 0. The van der Waals surface area contributed by atoms with Gasteiger partial charge in [0.05, 0.1) is 29.2 Å². The molecule has 2 heterocycles. The van der Waals surface area contributed by atoms with Crippen LogP contribution in [0.2, 0.25) is 5.02 Å². The summed E-state index contributed by atoms with van der Waals surface area (Å²) in [6.45, 7) is 3.40. The van der Waals surface area contributed by atoms with Crippen LogP contribution in [0, 0.1) is 12.7 Å². The molecule has 2 aromatic carbocycles. The highest BCUT2D eigenvalue weighted by molar-refractivity contribution is 6.33. The van der Waals surface area contributed by atoms with Crippen LogP contribution < -0.4 is 15.4 Å². The van der Waals surface area contributed by atoms with Crippen molar-refractivity contribution in [3.8, 4) is 5.75 Å². The minimum atomic E-state index is -0.612. The van der Waals surface area contributed by atoms with Crippen molar-refractivity contribution in [2.45, 2.75) is 19.9 Å². The maximum atomic E-state index is 14.7. The number of rotatable bonds is 6. The van der Waals surface area contributed by atoms with Crippen molar-refractivity contribution in [3.05, 3.63) is 81.4 Å². The van der Waals surface area contributed by atoms with Gasteiger partial charge in [-0.25, -0.2) is 4.39 Å². The molecule has 0 radical (unpaired) electrons. The quantitative estimate of drug-likeness (QED) is 0.596. The maximum Gasteiger partial charge on any atom is 0.255 e. The Balaban J connectivity index is 1.49. The van der Waals surface area contributed by atoms with E-state index in [-0.39, 0.29) is 11.5 Å². The average Bonchev–Trinajstić information content (AvgIpc) is 3.22. The summed E-state index contributed by atoms with van der Waals surface area (Å²) in [5, 5.41) is 9.89. The van der Waals surface area contributed by atoms with E-state index < -0.39 is 11.7 Å². The van der Waals surface area contributed by atoms with E-state index in [1.54, 1.807) is 35.3 Å². The number of carbonyl (C=O) groups excluding carboxylic acids is 2. The van der Waals surface area contributed by atoms with Crippen LogP contribution in [0.25, 0.3) is 0 Å². The van der Waals surface area contributed by atoms with Crippen molar-refractivity contribution in [1.29, 1.82) is 0 Å². The summed E-state index contributed by atoms with van der Waals surface area (Å²) in [4.78, 5) is 24.7. The first-order chi connectivity index (χ1) is 15.4. The Morgan fingerprint density at radius 1 is 1.38 bits per heavy atom. The van der Waals surface area contributed by atoms with Crippen molar-refractivity contribution in [2.75, 3.05) is 19.7 Å². The molecule has 0 bridgehead atoms. The van der Waals surface area contributed by atoms with Crippen molar-refractivity contribution in [2.24, 2.45) is 0 Å². The molecule has 1 aliphatic heterocycles. The number of fused-ring (bicyclic) bond motifs is 1. The normalized spacial score (nSPS) is 13.0. The minimum absolute atomic E-state index is 0.0290. The third-order valence-corrected chi connectivity index (χ3v) is 5.77. The number of aromatic nitrogens is 2. The van der Waals surface area contributed by atoms with E-state index in [1.165, 1.54) is 12.1 Å². The molecular weight excluding hydrogens is 435 g/mol. The van der Waals surface area contributed by atoms with Crippen molar-refractivity contribution in [3.63, 3.8) is 0 Å². The highest BCUT2D eigenvalue weighted by atomic mass is 35.5. The molecule has 0 unspecified atom stereocenters. The molecule has 0 spiro atoms. The lowest BCUT2D eigenvalue weighted by Gasteiger charge is -2.15. The van der Waals surface area contributed by atoms with Crippen LogP contribution in [-0.2, 0) is 13.0 Å². The van der Waals surface area contributed by atoms with Gasteiger partial charge in [-0.2, -0.15) is 5.10 Å². The number of carbonyl (C=O) groups is 2.